The van der Waals surface area contributed by atoms with Crippen LogP contribution < -0.4 is 16.4 Å². The van der Waals surface area contributed by atoms with Crippen molar-refractivity contribution in [2.45, 2.75) is 45.0 Å². The number of hydrogen-bond donors (Lipinski definition) is 6. The maximum atomic E-state index is 12.0. The monoisotopic (exact) mass is 321 g/mol. The molecule has 0 rings (SSSR count). The van der Waals surface area contributed by atoms with E-state index in [1.807, 2.05) is 0 Å². The van der Waals surface area contributed by atoms with Gasteiger partial charge in [0.1, 0.15) is 18.1 Å². The number of carbonyl (C=O) groups excluding carboxylic acids is 2. The van der Waals surface area contributed by atoms with Gasteiger partial charge in [-0.05, 0) is 12.8 Å². The SMILES string of the molecule is CC(C)C(NC(=O)C(CS)NC(=O)C(N)C(C)O)C(=O)O. The Hall–Kier alpha value is -1.32. The Morgan fingerprint density at radius 3 is 2.00 bits per heavy atom. The number of thiol groups is 1. The average molecular weight is 321 g/mol. The Morgan fingerprint density at radius 2 is 1.67 bits per heavy atom. The van der Waals surface area contributed by atoms with E-state index >= 15 is 0 Å². The molecule has 0 heterocycles. The van der Waals surface area contributed by atoms with Crippen molar-refractivity contribution < 1.29 is 24.6 Å². The predicted octanol–water partition coefficient (Wildman–Crippen LogP) is -1.67. The predicted molar refractivity (Wildman–Crippen MR) is 79.8 cm³/mol. The summed E-state index contributed by atoms with van der Waals surface area (Å²) < 4.78 is 0. The number of aliphatic carboxylic acids is 1. The largest absolute Gasteiger partial charge is 0.480 e. The lowest BCUT2D eigenvalue weighted by atomic mass is 10.0. The summed E-state index contributed by atoms with van der Waals surface area (Å²) in [5.41, 5.74) is 5.45. The number of carbonyl (C=O) groups is 3. The van der Waals surface area contributed by atoms with E-state index in [9.17, 15) is 19.5 Å². The highest BCUT2D eigenvalue weighted by molar-refractivity contribution is 7.80. The molecule has 0 aliphatic rings. The second-order valence-electron chi connectivity index (χ2n) is 5.08. The minimum Gasteiger partial charge on any atom is -0.480 e. The number of aliphatic hydroxyl groups excluding tert-OH is 1. The summed E-state index contributed by atoms with van der Waals surface area (Å²) >= 11 is 3.95. The summed E-state index contributed by atoms with van der Waals surface area (Å²) in [7, 11) is 0. The highest BCUT2D eigenvalue weighted by Crippen LogP contribution is 2.03. The molecule has 0 aromatic rings. The molecular weight excluding hydrogens is 298 g/mol. The van der Waals surface area contributed by atoms with Gasteiger partial charge in [-0.1, -0.05) is 13.8 Å². The molecule has 0 saturated heterocycles. The zero-order valence-corrected chi connectivity index (χ0v) is 13.1. The fourth-order valence-corrected chi connectivity index (χ4v) is 1.71. The smallest absolute Gasteiger partial charge is 0.326 e. The lowest BCUT2D eigenvalue weighted by Crippen LogP contribution is -2.57. The Morgan fingerprint density at radius 1 is 1.14 bits per heavy atom. The maximum Gasteiger partial charge on any atom is 0.326 e. The maximum absolute atomic E-state index is 12.0. The highest BCUT2D eigenvalue weighted by atomic mass is 32.1. The first-order chi connectivity index (χ1) is 9.61. The first kappa shape index (κ1) is 19.7. The molecule has 9 heteroatoms. The van der Waals surface area contributed by atoms with Gasteiger partial charge in [0.25, 0.3) is 0 Å². The number of rotatable bonds is 8. The summed E-state index contributed by atoms with van der Waals surface area (Å²) in [5, 5.41) is 22.9. The van der Waals surface area contributed by atoms with Gasteiger partial charge in [-0.3, -0.25) is 9.59 Å². The Bertz CT molecular complexity index is 389. The quantitative estimate of drug-likeness (QED) is 0.295. The van der Waals surface area contributed by atoms with Crippen molar-refractivity contribution in [3.63, 3.8) is 0 Å². The van der Waals surface area contributed by atoms with Crippen LogP contribution in [0.5, 0.6) is 0 Å². The number of hydrogen-bond acceptors (Lipinski definition) is 6. The first-order valence-corrected chi connectivity index (χ1v) is 7.13. The molecule has 122 valence electrons. The summed E-state index contributed by atoms with van der Waals surface area (Å²) in [5.74, 6) is -2.90. The molecule has 2 amide bonds. The molecule has 8 nitrogen and oxygen atoms in total. The minimum atomic E-state index is -1.18. The van der Waals surface area contributed by atoms with E-state index in [-0.39, 0.29) is 11.7 Å². The molecule has 0 bridgehead atoms. The van der Waals surface area contributed by atoms with Gasteiger partial charge in [0, 0.05) is 5.75 Å². The van der Waals surface area contributed by atoms with Crippen molar-refractivity contribution in [3.8, 4) is 0 Å². The fraction of sp³-hybridized carbons (Fsp3) is 0.750. The Kier molecular flexibility index (Phi) is 8.30. The number of nitrogens with two attached hydrogens (primary N) is 1. The molecule has 0 aliphatic heterocycles. The topological polar surface area (TPSA) is 142 Å². The van der Waals surface area contributed by atoms with Crippen LogP contribution in [0, 0.1) is 5.92 Å². The number of aliphatic hydroxyl groups is 1. The molecule has 4 unspecified atom stereocenters. The van der Waals surface area contributed by atoms with Crippen LogP contribution in [-0.4, -0.2) is 58.0 Å². The third-order valence-electron chi connectivity index (χ3n) is 2.87. The second-order valence-corrected chi connectivity index (χ2v) is 5.44. The Balaban J connectivity index is 4.76. The molecule has 4 atom stereocenters. The molecular formula is C12H23N3O5S. The van der Waals surface area contributed by atoms with Crippen molar-refractivity contribution in [1.82, 2.24) is 10.6 Å². The van der Waals surface area contributed by atoms with Crippen LogP contribution in [0.15, 0.2) is 0 Å². The summed E-state index contributed by atoms with van der Waals surface area (Å²) in [6.45, 7) is 4.65. The lowest BCUT2D eigenvalue weighted by Gasteiger charge is -2.23. The van der Waals surface area contributed by atoms with Crippen LogP contribution in [0.4, 0.5) is 0 Å². The molecule has 0 aliphatic carbocycles. The zero-order valence-electron chi connectivity index (χ0n) is 12.2. The highest BCUT2D eigenvalue weighted by Gasteiger charge is 2.29. The summed E-state index contributed by atoms with van der Waals surface area (Å²) in [4.78, 5) is 34.7. The summed E-state index contributed by atoms with van der Waals surface area (Å²) in [6, 6.07) is -3.28. The first-order valence-electron chi connectivity index (χ1n) is 6.49. The second kappa shape index (κ2) is 8.85. The molecule has 6 N–H and O–H groups in total. The standard InChI is InChI=1S/C12H23N3O5S/c1-5(2)9(12(19)20)15-10(17)7(4-21)14-11(18)8(13)6(3)16/h5-9,16,21H,4,13H2,1-3H3,(H,14,18)(H,15,17)(H,19,20). The van der Waals surface area contributed by atoms with Crippen LogP contribution in [0.2, 0.25) is 0 Å². The van der Waals surface area contributed by atoms with Crippen LogP contribution >= 0.6 is 12.6 Å². The van der Waals surface area contributed by atoms with Crippen LogP contribution in [-0.2, 0) is 14.4 Å². The zero-order chi connectivity index (χ0) is 16.7. The van der Waals surface area contributed by atoms with Gasteiger partial charge in [0.05, 0.1) is 6.10 Å². The fourth-order valence-electron chi connectivity index (χ4n) is 1.45. The third-order valence-corrected chi connectivity index (χ3v) is 3.23. The minimum absolute atomic E-state index is 0.0332. The van der Waals surface area contributed by atoms with Crippen molar-refractivity contribution in [2.75, 3.05) is 5.75 Å². The molecule has 0 radical (unpaired) electrons. The lowest BCUT2D eigenvalue weighted by molar-refractivity contribution is -0.143. The average Bonchev–Trinajstić information content (AvgIpc) is 2.39. The van der Waals surface area contributed by atoms with Gasteiger partial charge < -0.3 is 26.6 Å². The molecule has 0 aromatic heterocycles. The van der Waals surface area contributed by atoms with Crippen molar-refractivity contribution in [1.29, 1.82) is 0 Å². The van der Waals surface area contributed by atoms with E-state index in [0.29, 0.717) is 0 Å². The molecule has 0 aromatic carbocycles. The van der Waals surface area contributed by atoms with Crippen LogP contribution in [0.25, 0.3) is 0 Å². The summed E-state index contributed by atoms with van der Waals surface area (Å²) in [6.07, 6.45) is -1.07. The van der Waals surface area contributed by atoms with Crippen LogP contribution in [0.3, 0.4) is 0 Å². The van der Waals surface area contributed by atoms with E-state index in [4.69, 9.17) is 10.8 Å². The molecule has 21 heavy (non-hydrogen) atoms. The Labute approximate surface area is 128 Å². The van der Waals surface area contributed by atoms with Crippen molar-refractivity contribution in [2.24, 2.45) is 11.7 Å². The number of carboxylic acid groups (broad SMARTS) is 1. The molecule has 0 fully saturated rings. The van der Waals surface area contributed by atoms with Gasteiger partial charge >= 0.3 is 5.97 Å². The van der Waals surface area contributed by atoms with Crippen LogP contribution in [0.1, 0.15) is 20.8 Å². The third kappa shape index (κ3) is 6.32. The van der Waals surface area contributed by atoms with E-state index < -0.39 is 42.0 Å². The number of nitrogens with one attached hydrogen (secondary N) is 2. The molecule has 0 saturated carbocycles. The normalized spacial score (nSPS) is 16.7. The van der Waals surface area contributed by atoms with E-state index in [2.05, 4.69) is 23.3 Å². The molecule has 0 spiro atoms. The van der Waals surface area contributed by atoms with Gasteiger partial charge in [-0.15, -0.1) is 0 Å². The van der Waals surface area contributed by atoms with E-state index in [1.54, 1.807) is 13.8 Å². The number of amides is 2. The van der Waals surface area contributed by atoms with E-state index in [1.165, 1.54) is 6.92 Å². The van der Waals surface area contributed by atoms with Gasteiger partial charge in [-0.2, -0.15) is 12.6 Å². The number of carboxylic acids is 1. The van der Waals surface area contributed by atoms with Gasteiger partial charge in [0.2, 0.25) is 11.8 Å². The van der Waals surface area contributed by atoms with Gasteiger partial charge in [0.15, 0.2) is 0 Å². The van der Waals surface area contributed by atoms with Crippen molar-refractivity contribution >= 4 is 30.4 Å². The van der Waals surface area contributed by atoms with E-state index in [0.717, 1.165) is 0 Å². The van der Waals surface area contributed by atoms with Gasteiger partial charge in [-0.25, -0.2) is 4.79 Å². The van der Waals surface area contributed by atoms with Crippen molar-refractivity contribution in [3.05, 3.63) is 0 Å².